The number of nitrogens with zero attached hydrogens (tertiary/aromatic N) is 2. The summed E-state index contributed by atoms with van der Waals surface area (Å²) >= 11 is 6.33. The molecule has 1 heterocycles. The zero-order chi connectivity index (χ0) is 17.5. The van der Waals surface area contributed by atoms with E-state index >= 15 is 0 Å². The standard InChI is InChI=1S/C17H20ClN3O3/c1-3-24-14(22)10-7-11-19-17(23)15-12(2)20-21(16(15)18)13-8-5-4-6-9-13/h4-6,8-9H,3,7,10-11H2,1-2H3,(H,19,23). The van der Waals surface area contributed by atoms with Gasteiger partial charge in [-0.05, 0) is 32.4 Å². The van der Waals surface area contributed by atoms with Crippen LogP contribution in [0.25, 0.3) is 5.69 Å². The van der Waals surface area contributed by atoms with E-state index in [2.05, 4.69) is 10.4 Å². The second kappa shape index (κ2) is 8.49. The molecule has 2 rings (SSSR count). The van der Waals surface area contributed by atoms with Crippen LogP contribution in [-0.2, 0) is 9.53 Å². The van der Waals surface area contributed by atoms with Gasteiger partial charge in [-0.1, -0.05) is 29.8 Å². The minimum Gasteiger partial charge on any atom is -0.466 e. The first-order valence-electron chi connectivity index (χ1n) is 7.79. The van der Waals surface area contributed by atoms with Gasteiger partial charge in [0.2, 0.25) is 0 Å². The maximum atomic E-state index is 12.3. The molecule has 1 N–H and O–H groups in total. The lowest BCUT2D eigenvalue weighted by Gasteiger charge is -2.06. The molecule has 1 aromatic heterocycles. The van der Waals surface area contributed by atoms with Crippen molar-refractivity contribution in [3.05, 3.63) is 46.7 Å². The summed E-state index contributed by atoms with van der Waals surface area (Å²) in [6.45, 7) is 4.22. The van der Waals surface area contributed by atoms with Gasteiger partial charge in [-0.25, -0.2) is 4.68 Å². The summed E-state index contributed by atoms with van der Waals surface area (Å²) < 4.78 is 6.37. The monoisotopic (exact) mass is 349 g/mol. The van der Waals surface area contributed by atoms with Crippen LogP contribution in [0.4, 0.5) is 0 Å². The Hall–Kier alpha value is -2.34. The molecular weight excluding hydrogens is 330 g/mol. The number of ether oxygens (including phenoxy) is 1. The van der Waals surface area contributed by atoms with Gasteiger partial charge >= 0.3 is 5.97 Å². The molecule has 0 bridgehead atoms. The fourth-order valence-corrected chi connectivity index (χ4v) is 2.61. The minimum atomic E-state index is -0.302. The maximum absolute atomic E-state index is 12.3. The highest BCUT2D eigenvalue weighted by Crippen LogP contribution is 2.23. The first-order chi connectivity index (χ1) is 11.5. The Balaban J connectivity index is 2.00. The maximum Gasteiger partial charge on any atom is 0.305 e. The molecule has 7 heteroatoms. The zero-order valence-electron chi connectivity index (χ0n) is 13.7. The number of esters is 1. The average Bonchev–Trinajstić information content (AvgIpc) is 2.87. The number of hydrogen-bond acceptors (Lipinski definition) is 4. The fraction of sp³-hybridized carbons (Fsp3) is 0.353. The molecule has 0 aliphatic rings. The lowest BCUT2D eigenvalue weighted by molar-refractivity contribution is -0.143. The van der Waals surface area contributed by atoms with Crippen molar-refractivity contribution in [1.29, 1.82) is 0 Å². The van der Waals surface area contributed by atoms with E-state index in [0.29, 0.717) is 30.8 Å². The molecule has 24 heavy (non-hydrogen) atoms. The van der Waals surface area contributed by atoms with Crippen LogP contribution in [-0.4, -0.2) is 34.8 Å². The number of amides is 1. The fourth-order valence-electron chi connectivity index (χ4n) is 2.25. The average molecular weight is 350 g/mol. The number of hydrogen-bond donors (Lipinski definition) is 1. The van der Waals surface area contributed by atoms with E-state index in [1.165, 1.54) is 4.68 Å². The van der Waals surface area contributed by atoms with Crippen molar-refractivity contribution in [1.82, 2.24) is 15.1 Å². The van der Waals surface area contributed by atoms with Crippen molar-refractivity contribution >= 4 is 23.5 Å². The first-order valence-corrected chi connectivity index (χ1v) is 8.16. The second-order valence-electron chi connectivity index (χ2n) is 5.16. The molecule has 2 aromatic rings. The van der Waals surface area contributed by atoms with Crippen LogP contribution in [0.5, 0.6) is 0 Å². The molecule has 0 saturated heterocycles. The lowest BCUT2D eigenvalue weighted by Crippen LogP contribution is -2.25. The molecular formula is C17H20ClN3O3. The third kappa shape index (κ3) is 4.35. The predicted molar refractivity (Wildman–Crippen MR) is 91.5 cm³/mol. The van der Waals surface area contributed by atoms with Crippen molar-refractivity contribution in [2.45, 2.75) is 26.7 Å². The quantitative estimate of drug-likeness (QED) is 0.616. The second-order valence-corrected chi connectivity index (χ2v) is 5.52. The minimum absolute atomic E-state index is 0.265. The number of benzene rings is 1. The molecule has 0 spiro atoms. The number of aryl methyl sites for hydroxylation is 1. The summed E-state index contributed by atoms with van der Waals surface area (Å²) in [6, 6.07) is 9.36. The van der Waals surface area contributed by atoms with Gasteiger partial charge < -0.3 is 10.1 Å². The molecule has 6 nitrogen and oxygen atoms in total. The molecule has 0 atom stereocenters. The summed E-state index contributed by atoms with van der Waals surface area (Å²) in [7, 11) is 0. The third-order valence-corrected chi connectivity index (χ3v) is 3.73. The Kier molecular flexibility index (Phi) is 6.37. The molecule has 1 amide bonds. The van der Waals surface area contributed by atoms with Gasteiger partial charge in [-0.15, -0.1) is 0 Å². The van der Waals surface area contributed by atoms with E-state index in [1.807, 2.05) is 30.3 Å². The Morgan fingerprint density at radius 1 is 1.29 bits per heavy atom. The van der Waals surface area contributed by atoms with Crippen LogP contribution in [0.2, 0.25) is 5.15 Å². The number of nitrogens with one attached hydrogen (secondary N) is 1. The highest BCUT2D eigenvalue weighted by Gasteiger charge is 2.20. The van der Waals surface area contributed by atoms with Crippen molar-refractivity contribution in [2.24, 2.45) is 0 Å². The topological polar surface area (TPSA) is 73.2 Å². The summed E-state index contributed by atoms with van der Waals surface area (Å²) in [4.78, 5) is 23.6. The number of rotatable bonds is 7. The number of carbonyl (C=O) groups is 2. The smallest absolute Gasteiger partial charge is 0.305 e. The van der Waals surface area contributed by atoms with E-state index in [0.717, 1.165) is 5.69 Å². The predicted octanol–water partition coefficient (Wildman–Crippen LogP) is 2.91. The van der Waals surface area contributed by atoms with Crippen LogP contribution in [0.1, 0.15) is 35.8 Å². The Morgan fingerprint density at radius 2 is 2.00 bits per heavy atom. The highest BCUT2D eigenvalue weighted by atomic mass is 35.5. The van der Waals surface area contributed by atoms with Crippen molar-refractivity contribution in [2.75, 3.05) is 13.2 Å². The molecule has 0 aliphatic carbocycles. The highest BCUT2D eigenvalue weighted by molar-refractivity contribution is 6.33. The number of carbonyl (C=O) groups excluding carboxylic acids is 2. The first kappa shape index (κ1) is 18.0. The van der Waals surface area contributed by atoms with Crippen molar-refractivity contribution in [3.63, 3.8) is 0 Å². The molecule has 0 unspecified atom stereocenters. The van der Waals surface area contributed by atoms with Crippen LogP contribution < -0.4 is 5.32 Å². The molecule has 0 fully saturated rings. The summed E-state index contributed by atoms with van der Waals surface area (Å²) in [5.41, 5.74) is 1.68. The molecule has 1 aromatic carbocycles. The zero-order valence-corrected chi connectivity index (χ0v) is 14.5. The number of aromatic nitrogens is 2. The van der Waals surface area contributed by atoms with Gasteiger partial charge in [0.25, 0.3) is 5.91 Å². The molecule has 0 radical (unpaired) electrons. The molecule has 128 valence electrons. The van der Waals surface area contributed by atoms with E-state index in [4.69, 9.17) is 16.3 Å². The normalized spacial score (nSPS) is 10.5. The summed E-state index contributed by atoms with van der Waals surface area (Å²) in [5.74, 6) is -0.568. The Morgan fingerprint density at radius 3 is 2.67 bits per heavy atom. The van der Waals surface area contributed by atoms with Gasteiger partial charge in [-0.2, -0.15) is 5.10 Å². The summed E-state index contributed by atoms with van der Waals surface area (Å²) in [6.07, 6.45) is 0.776. The number of para-hydroxylation sites is 1. The van der Waals surface area contributed by atoms with Crippen LogP contribution in [0, 0.1) is 6.92 Å². The summed E-state index contributed by atoms with van der Waals surface area (Å²) in [5, 5.41) is 7.36. The SMILES string of the molecule is CCOC(=O)CCCNC(=O)c1c(C)nn(-c2ccccc2)c1Cl. The third-order valence-electron chi connectivity index (χ3n) is 3.38. The molecule has 0 aliphatic heterocycles. The van der Waals surface area contributed by atoms with Gasteiger partial charge in [0.05, 0.1) is 23.6 Å². The van der Waals surface area contributed by atoms with Crippen molar-refractivity contribution < 1.29 is 14.3 Å². The van der Waals surface area contributed by atoms with Crippen LogP contribution in [0.3, 0.4) is 0 Å². The number of halogens is 1. The van der Waals surface area contributed by atoms with Gasteiger partial charge in [0.15, 0.2) is 0 Å². The van der Waals surface area contributed by atoms with E-state index < -0.39 is 0 Å². The lowest BCUT2D eigenvalue weighted by atomic mass is 10.2. The van der Waals surface area contributed by atoms with E-state index in [1.54, 1.807) is 13.8 Å². The van der Waals surface area contributed by atoms with Crippen molar-refractivity contribution in [3.8, 4) is 5.69 Å². The van der Waals surface area contributed by atoms with Crippen LogP contribution >= 0.6 is 11.6 Å². The Labute approximate surface area is 145 Å². The molecule has 0 saturated carbocycles. The van der Waals surface area contributed by atoms with Gasteiger partial charge in [-0.3, -0.25) is 9.59 Å². The Bertz CT molecular complexity index is 713. The van der Waals surface area contributed by atoms with E-state index in [9.17, 15) is 9.59 Å². The van der Waals surface area contributed by atoms with Gasteiger partial charge in [0.1, 0.15) is 5.15 Å². The van der Waals surface area contributed by atoms with Crippen LogP contribution in [0.15, 0.2) is 30.3 Å². The van der Waals surface area contributed by atoms with Gasteiger partial charge in [0, 0.05) is 13.0 Å². The van der Waals surface area contributed by atoms with E-state index in [-0.39, 0.29) is 23.5 Å². The largest absolute Gasteiger partial charge is 0.466 e.